The van der Waals surface area contributed by atoms with Crippen LogP contribution in [0.15, 0.2) is 53.7 Å². The molecule has 0 aliphatic rings. The Morgan fingerprint density at radius 1 is 1.04 bits per heavy atom. The zero-order valence-electron chi connectivity index (χ0n) is 15.9. The summed E-state index contributed by atoms with van der Waals surface area (Å²) in [4.78, 5) is 29.0. The number of hydrogen-bond acceptors (Lipinski definition) is 6. The van der Waals surface area contributed by atoms with Gasteiger partial charge in [-0.1, -0.05) is 47.6 Å². The van der Waals surface area contributed by atoms with Gasteiger partial charge in [0.05, 0.1) is 7.11 Å². The first-order valence-corrected chi connectivity index (χ1v) is 8.48. The third-order valence-corrected chi connectivity index (χ3v) is 4.08. The van der Waals surface area contributed by atoms with Crippen LogP contribution in [0.4, 0.5) is 0 Å². The quantitative estimate of drug-likeness (QED) is 0.309. The fraction of sp³-hybridized carbons (Fsp3) is 0.286. The Kier molecular flexibility index (Phi) is 7.11. The van der Waals surface area contributed by atoms with Crippen LogP contribution in [0.25, 0.3) is 0 Å². The average molecular weight is 369 g/mol. The van der Waals surface area contributed by atoms with Gasteiger partial charge in [0, 0.05) is 5.56 Å². The van der Waals surface area contributed by atoms with E-state index in [1.165, 1.54) is 21.1 Å². The Bertz CT molecular complexity index is 827. The van der Waals surface area contributed by atoms with Gasteiger partial charge in [0.15, 0.2) is 11.5 Å². The van der Waals surface area contributed by atoms with E-state index in [4.69, 9.17) is 9.57 Å². The van der Waals surface area contributed by atoms with Gasteiger partial charge in [-0.05, 0) is 31.0 Å². The van der Waals surface area contributed by atoms with Gasteiger partial charge >= 0.3 is 5.97 Å². The van der Waals surface area contributed by atoms with Crippen molar-refractivity contribution in [3.8, 4) is 5.75 Å². The number of Topliss-reactive ketones (excluding diaryl/α,β-unsaturated/α-hetero) is 1. The van der Waals surface area contributed by atoms with Crippen LogP contribution in [0.3, 0.4) is 0 Å². The van der Waals surface area contributed by atoms with Crippen LogP contribution in [0.1, 0.15) is 23.6 Å². The number of oxime groups is 1. The zero-order valence-corrected chi connectivity index (χ0v) is 15.9. The lowest BCUT2D eigenvalue weighted by molar-refractivity contribution is -0.147. The molecule has 1 atom stereocenters. The van der Waals surface area contributed by atoms with Gasteiger partial charge in [-0.25, -0.2) is 0 Å². The number of aryl methyl sites for hydroxylation is 1. The highest BCUT2D eigenvalue weighted by Crippen LogP contribution is 2.18. The SMILES string of the molecule is CO/N=C(/C(=O)C(C)C(=O)OC)c1ccc(COc2ccccc2C)cc1. The van der Waals surface area contributed by atoms with Crippen molar-refractivity contribution in [1.29, 1.82) is 0 Å². The zero-order chi connectivity index (χ0) is 19.8. The topological polar surface area (TPSA) is 74.2 Å². The fourth-order valence-corrected chi connectivity index (χ4v) is 2.46. The lowest BCUT2D eigenvalue weighted by Gasteiger charge is -2.12. The van der Waals surface area contributed by atoms with Crippen molar-refractivity contribution in [2.24, 2.45) is 11.1 Å². The normalized spacial score (nSPS) is 12.2. The summed E-state index contributed by atoms with van der Waals surface area (Å²) >= 11 is 0. The van der Waals surface area contributed by atoms with E-state index in [9.17, 15) is 9.59 Å². The molecule has 0 heterocycles. The number of ether oxygens (including phenoxy) is 2. The van der Waals surface area contributed by atoms with Crippen molar-refractivity contribution < 1.29 is 23.9 Å². The largest absolute Gasteiger partial charge is 0.489 e. The summed E-state index contributed by atoms with van der Waals surface area (Å²) < 4.78 is 10.4. The predicted molar refractivity (Wildman–Crippen MR) is 102 cm³/mol. The third kappa shape index (κ3) is 5.17. The second-order valence-corrected chi connectivity index (χ2v) is 5.98. The van der Waals surface area contributed by atoms with Crippen LogP contribution in [0.5, 0.6) is 5.75 Å². The number of methoxy groups -OCH3 is 1. The van der Waals surface area contributed by atoms with Gasteiger partial charge in [-0.15, -0.1) is 0 Å². The summed E-state index contributed by atoms with van der Waals surface area (Å²) in [6.45, 7) is 3.86. The van der Waals surface area contributed by atoms with Crippen molar-refractivity contribution in [3.63, 3.8) is 0 Å². The number of benzene rings is 2. The van der Waals surface area contributed by atoms with E-state index in [2.05, 4.69) is 9.89 Å². The molecule has 2 rings (SSSR count). The number of carbonyl (C=O) groups is 2. The maximum absolute atomic E-state index is 12.5. The van der Waals surface area contributed by atoms with Gasteiger partial charge in [0.1, 0.15) is 25.4 Å². The first-order valence-electron chi connectivity index (χ1n) is 8.48. The first-order chi connectivity index (χ1) is 13.0. The summed E-state index contributed by atoms with van der Waals surface area (Å²) in [7, 11) is 2.59. The van der Waals surface area contributed by atoms with E-state index in [0.717, 1.165) is 16.9 Å². The molecule has 0 spiro atoms. The number of nitrogens with zero attached hydrogens (tertiary/aromatic N) is 1. The predicted octanol–water partition coefficient (Wildman–Crippen LogP) is 3.30. The molecular weight excluding hydrogens is 346 g/mol. The molecule has 0 saturated carbocycles. The Labute approximate surface area is 158 Å². The lowest BCUT2D eigenvalue weighted by Crippen LogP contribution is -2.29. The number of para-hydroxylation sites is 1. The molecule has 0 radical (unpaired) electrons. The second-order valence-electron chi connectivity index (χ2n) is 5.98. The number of ketones is 1. The van der Waals surface area contributed by atoms with Gasteiger partial charge in [0.25, 0.3) is 0 Å². The molecule has 0 fully saturated rings. The molecule has 0 aliphatic carbocycles. The van der Waals surface area contributed by atoms with E-state index in [-0.39, 0.29) is 5.71 Å². The van der Waals surface area contributed by atoms with Crippen LogP contribution < -0.4 is 4.74 Å². The Morgan fingerprint density at radius 2 is 1.70 bits per heavy atom. The highest BCUT2D eigenvalue weighted by Gasteiger charge is 2.28. The molecule has 1 unspecified atom stereocenters. The molecule has 0 saturated heterocycles. The molecular formula is C21H23NO5. The maximum Gasteiger partial charge on any atom is 0.316 e. The van der Waals surface area contributed by atoms with Gasteiger partial charge in [-0.2, -0.15) is 0 Å². The summed E-state index contributed by atoms with van der Waals surface area (Å²) in [5, 5.41) is 3.80. The number of esters is 1. The van der Waals surface area contributed by atoms with E-state index in [0.29, 0.717) is 12.2 Å². The molecule has 2 aromatic carbocycles. The maximum atomic E-state index is 12.5. The van der Waals surface area contributed by atoms with Crippen molar-refractivity contribution in [3.05, 3.63) is 65.2 Å². The Balaban J connectivity index is 2.13. The molecule has 142 valence electrons. The lowest BCUT2D eigenvalue weighted by atomic mass is 9.97. The molecule has 0 aliphatic heterocycles. The van der Waals surface area contributed by atoms with Crippen LogP contribution in [0, 0.1) is 12.8 Å². The van der Waals surface area contributed by atoms with Gasteiger partial charge in [0.2, 0.25) is 0 Å². The molecule has 0 aromatic heterocycles. The summed E-state index contributed by atoms with van der Waals surface area (Å²) in [6.07, 6.45) is 0. The summed E-state index contributed by atoms with van der Waals surface area (Å²) in [6, 6.07) is 15.0. The second kappa shape index (κ2) is 9.52. The Hall–Kier alpha value is -3.15. The number of rotatable bonds is 8. The number of hydrogen-bond donors (Lipinski definition) is 0. The summed E-state index contributed by atoms with van der Waals surface area (Å²) in [5.41, 5.74) is 2.62. The minimum atomic E-state index is -0.965. The molecule has 0 N–H and O–H groups in total. The molecule has 0 amide bonds. The van der Waals surface area contributed by atoms with Gasteiger partial charge < -0.3 is 14.3 Å². The highest BCUT2D eigenvalue weighted by molar-refractivity contribution is 6.48. The van der Waals surface area contributed by atoms with Crippen LogP contribution >= 0.6 is 0 Å². The molecule has 6 nitrogen and oxygen atoms in total. The molecule has 6 heteroatoms. The van der Waals surface area contributed by atoms with E-state index >= 15 is 0 Å². The average Bonchev–Trinajstić information content (AvgIpc) is 2.70. The standard InChI is InChI=1S/C21H23NO5/c1-14-7-5-6-8-18(14)27-13-16-9-11-17(12-10-16)19(22-26-4)20(23)15(2)21(24)25-3/h5-12,15H,13H2,1-4H3/b22-19+. The van der Waals surface area contributed by atoms with E-state index in [1.54, 1.807) is 12.1 Å². The van der Waals surface area contributed by atoms with E-state index < -0.39 is 17.7 Å². The van der Waals surface area contributed by atoms with Crippen molar-refractivity contribution in [2.45, 2.75) is 20.5 Å². The van der Waals surface area contributed by atoms with Crippen LogP contribution in [0.2, 0.25) is 0 Å². The minimum Gasteiger partial charge on any atom is -0.489 e. The van der Waals surface area contributed by atoms with Crippen molar-refractivity contribution >= 4 is 17.5 Å². The molecule has 0 bridgehead atoms. The minimum absolute atomic E-state index is 0.0711. The van der Waals surface area contributed by atoms with Crippen LogP contribution in [-0.4, -0.2) is 31.7 Å². The van der Waals surface area contributed by atoms with Crippen molar-refractivity contribution in [1.82, 2.24) is 0 Å². The van der Waals surface area contributed by atoms with Crippen LogP contribution in [-0.2, 0) is 25.8 Å². The molecule has 2 aromatic rings. The first kappa shape index (κ1) is 20.2. The Morgan fingerprint density at radius 3 is 2.30 bits per heavy atom. The van der Waals surface area contributed by atoms with E-state index in [1.807, 2.05) is 43.3 Å². The third-order valence-electron chi connectivity index (χ3n) is 4.08. The monoisotopic (exact) mass is 369 g/mol. The smallest absolute Gasteiger partial charge is 0.316 e. The fourth-order valence-electron chi connectivity index (χ4n) is 2.46. The number of carbonyl (C=O) groups excluding carboxylic acids is 2. The highest BCUT2D eigenvalue weighted by atomic mass is 16.6. The molecule has 27 heavy (non-hydrogen) atoms. The van der Waals surface area contributed by atoms with Gasteiger partial charge in [-0.3, -0.25) is 9.59 Å². The summed E-state index contributed by atoms with van der Waals surface area (Å²) in [5.74, 6) is -1.22. The van der Waals surface area contributed by atoms with Crippen molar-refractivity contribution in [2.75, 3.05) is 14.2 Å².